The standard InChI is InChI=1S/C10H15NO5/c1-6(7(12)16-3)11-5-4-10(2,8(11)13)9(14)15/h6H,4-5H2,1-3H3,(H,14,15)/t6-,10?/m1/s1. The number of carboxylic acids is 1. The predicted molar refractivity (Wildman–Crippen MR) is 53.6 cm³/mol. The van der Waals surface area contributed by atoms with Crippen LogP contribution in [0, 0.1) is 5.41 Å². The number of hydrogen-bond donors (Lipinski definition) is 1. The zero-order chi connectivity index (χ0) is 12.5. The Morgan fingerprint density at radius 2 is 2.12 bits per heavy atom. The number of likely N-dealkylation sites (tertiary alicyclic amines) is 1. The second-order valence-electron chi connectivity index (χ2n) is 4.08. The van der Waals surface area contributed by atoms with Crippen LogP contribution in [0.2, 0.25) is 0 Å². The van der Waals surface area contributed by atoms with Gasteiger partial charge in [-0.05, 0) is 20.3 Å². The lowest BCUT2D eigenvalue weighted by Gasteiger charge is -2.24. The third-order valence-electron chi connectivity index (χ3n) is 3.07. The number of nitrogens with zero attached hydrogens (tertiary/aromatic N) is 1. The van der Waals surface area contributed by atoms with Crippen molar-refractivity contribution in [3.8, 4) is 0 Å². The average molecular weight is 229 g/mol. The van der Waals surface area contributed by atoms with Gasteiger partial charge in [0.1, 0.15) is 11.5 Å². The molecule has 0 aromatic heterocycles. The maximum atomic E-state index is 11.9. The summed E-state index contributed by atoms with van der Waals surface area (Å²) in [6.07, 6.45) is 0.211. The number of carboxylic acid groups (broad SMARTS) is 1. The molecule has 1 fully saturated rings. The van der Waals surface area contributed by atoms with Gasteiger partial charge in [0.25, 0.3) is 0 Å². The molecular weight excluding hydrogens is 214 g/mol. The van der Waals surface area contributed by atoms with Crippen molar-refractivity contribution in [3.05, 3.63) is 0 Å². The Kier molecular flexibility index (Phi) is 3.21. The molecule has 1 unspecified atom stereocenters. The summed E-state index contributed by atoms with van der Waals surface area (Å²) >= 11 is 0. The van der Waals surface area contributed by atoms with Crippen LogP contribution in [-0.4, -0.2) is 47.5 Å². The molecule has 0 aromatic rings. The van der Waals surface area contributed by atoms with E-state index in [9.17, 15) is 14.4 Å². The van der Waals surface area contributed by atoms with Crippen molar-refractivity contribution in [3.63, 3.8) is 0 Å². The van der Waals surface area contributed by atoms with Gasteiger partial charge in [0.05, 0.1) is 7.11 Å². The summed E-state index contributed by atoms with van der Waals surface area (Å²) in [5.41, 5.74) is -1.41. The molecule has 0 saturated carbocycles. The Hall–Kier alpha value is -1.59. The number of ether oxygens (including phenoxy) is 1. The number of methoxy groups -OCH3 is 1. The molecule has 1 aliphatic rings. The SMILES string of the molecule is COC(=O)[C@@H](C)N1CCC(C)(C(=O)O)C1=O. The predicted octanol–water partition coefficient (Wildman–Crippen LogP) is -0.129. The molecule has 0 bridgehead atoms. The van der Waals surface area contributed by atoms with Crippen LogP contribution < -0.4 is 0 Å². The quantitative estimate of drug-likeness (QED) is 0.538. The Morgan fingerprint density at radius 1 is 1.56 bits per heavy atom. The van der Waals surface area contributed by atoms with Gasteiger partial charge in [-0.3, -0.25) is 9.59 Å². The Labute approximate surface area is 93.2 Å². The molecule has 0 spiro atoms. The summed E-state index contributed by atoms with van der Waals surface area (Å²) in [5.74, 6) is -2.22. The van der Waals surface area contributed by atoms with Crippen molar-refractivity contribution >= 4 is 17.8 Å². The van der Waals surface area contributed by atoms with Crippen LogP contribution in [0.3, 0.4) is 0 Å². The summed E-state index contributed by atoms with van der Waals surface area (Å²) in [4.78, 5) is 35.4. The summed E-state index contributed by atoms with van der Waals surface area (Å²) in [7, 11) is 1.23. The second-order valence-corrected chi connectivity index (χ2v) is 4.08. The summed E-state index contributed by atoms with van der Waals surface area (Å²) in [6.45, 7) is 3.16. The zero-order valence-corrected chi connectivity index (χ0v) is 9.52. The molecule has 1 aliphatic heterocycles. The first kappa shape index (κ1) is 12.5. The highest BCUT2D eigenvalue weighted by atomic mass is 16.5. The first-order valence-electron chi connectivity index (χ1n) is 4.97. The molecule has 1 heterocycles. The van der Waals surface area contributed by atoms with Gasteiger partial charge in [-0.15, -0.1) is 0 Å². The lowest BCUT2D eigenvalue weighted by atomic mass is 9.89. The average Bonchev–Trinajstić information content (AvgIpc) is 2.55. The monoisotopic (exact) mass is 229 g/mol. The molecule has 1 saturated heterocycles. The summed E-state index contributed by atoms with van der Waals surface area (Å²) < 4.78 is 4.52. The molecule has 0 aliphatic carbocycles. The molecule has 6 nitrogen and oxygen atoms in total. The number of esters is 1. The molecule has 1 amide bonds. The van der Waals surface area contributed by atoms with E-state index in [1.54, 1.807) is 0 Å². The van der Waals surface area contributed by atoms with E-state index < -0.39 is 29.3 Å². The minimum absolute atomic E-state index is 0.211. The van der Waals surface area contributed by atoms with Crippen molar-refractivity contribution in [1.82, 2.24) is 4.90 Å². The van der Waals surface area contributed by atoms with E-state index in [1.165, 1.54) is 25.9 Å². The molecule has 6 heteroatoms. The number of amides is 1. The topological polar surface area (TPSA) is 83.9 Å². The summed E-state index contributed by atoms with van der Waals surface area (Å²) in [5, 5.41) is 8.97. The number of carbonyl (C=O) groups excluding carboxylic acids is 2. The minimum Gasteiger partial charge on any atom is -0.480 e. The lowest BCUT2D eigenvalue weighted by molar-refractivity contribution is -0.159. The van der Waals surface area contributed by atoms with E-state index in [1.807, 2.05) is 0 Å². The van der Waals surface area contributed by atoms with Gasteiger partial charge in [-0.1, -0.05) is 0 Å². The van der Waals surface area contributed by atoms with Gasteiger partial charge in [0.2, 0.25) is 5.91 Å². The highest BCUT2D eigenvalue weighted by molar-refractivity contribution is 6.04. The van der Waals surface area contributed by atoms with E-state index in [4.69, 9.17) is 5.11 Å². The van der Waals surface area contributed by atoms with Gasteiger partial charge >= 0.3 is 11.9 Å². The van der Waals surface area contributed by atoms with Crippen molar-refractivity contribution < 1.29 is 24.2 Å². The number of rotatable bonds is 3. The smallest absolute Gasteiger partial charge is 0.328 e. The molecule has 1 N–H and O–H groups in total. The fraction of sp³-hybridized carbons (Fsp3) is 0.700. The molecule has 16 heavy (non-hydrogen) atoms. The second kappa shape index (κ2) is 4.11. The first-order chi connectivity index (χ1) is 7.34. The minimum atomic E-state index is -1.41. The Balaban J connectivity index is 2.86. The molecule has 0 aromatic carbocycles. The van der Waals surface area contributed by atoms with E-state index in [0.29, 0.717) is 0 Å². The van der Waals surface area contributed by atoms with Crippen LogP contribution in [0.1, 0.15) is 20.3 Å². The maximum Gasteiger partial charge on any atom is 0.328 e. The van der Waals surface area contributed by atoms with Crippen molar-refractivity contribution in [2.24, 2.45) is 5.41 Å². The molecule has 90 valence electrons. The largest absolute Gasteiger partial charge is 0.480 e. The van der Waals surface area contributed by atoms with E-state index in [-0.39, 0.29) is 13.0 Å². The van der Waals surface area contributed by atoms with E-state index in [2.05, 4.69) is 4.74 Å². The van der Waals surface area contributed by atoms with Crippen molar-refractivity contribution in [2.45, 2.75) is 26.3 Å². The van der Waals surface area contributed by atoms with Gasteiger partial charge < -0.3 is 14.7 Å². The maximum absolute atomic E-state index is 11.9. The van der Waals surface area contributed by atoms with Crippen molar-refractivity contribution in [1.29, 1.82) is 0 Å². The number of hydrogen-bond acceptors (Lipinski definition) is 4. The third-order valence-corrected chi connectivity index (χ3v) is 3.07. The molecule has 2 atom stereocenters. The van der Waals surface area contributed by atoms with Crippen molar-refractivity contribution in [2.75, 3.05) is 13.7 Å². The fourth-order valence-corrected chi connectivity index (χ4v) is 1.74. The highest BCUT2D eigenvalue weighted by Gasteiger charge is 2.51. The fourth-order valence-electron chi connectivity index (χ4n) is 1.74. The first-order valence-corrected chi connectivity index (χ1v) is 4.97. The van der Waals surface area contributed by atoms with E-state index >= 15 is 0 Å². The lowest BCUT2D eigenvalue weighted by Crippen LogP contribution is -2.45. The molecule has 1 rings (SSSR count). The zero-order valence-electron chi connectivity index (χ0n) is 9.52. The van der Waals surface area contributed by atoms with Crippen LogP contribution in [0.4, 0.5) is 0 Å². The Morgan fingerprint density at radius 3 is 2.50 bits per heavy atom. The van der Waals surface area contributed by atoms with Gasteiger partial charge in [0.15, 0.2) is 0 Å². The van der Waals surface area contributed by atoms with Crippen LogP contribution >= 0.6 is 0 Å². The highest BCUT2D eigenvalue weighted by Crippen LogP contribution is 2.32. The van der Waals surface area contributed by atoms with Crippen LogP contribution in [0.15, 0.2) is 0 Å². The van der Waals surface area contributed by atoms with Gasteiger partial charge in [-0.25, -0.2) is 4.79 Å². The van der Waals surface area contributed by atoms with Gasteiger partial charge in [0, 0.05) is 6.54 Å². The third kappa shape index (κ3) is 1.75. The molecular formula is C10H15NO5. The number of carbonyl (C=O) groups is 3. The van der Waals surface area contributed by atoms with Crippen LogP contribution in [-0.2, 0) is 19.1 Å². The van der Waals surface area contributed by atoms with E-state index in [0.717, 1.165) is 0 Å². The van der Waals surface area contributed by atoms with Gasteiger partial charge in [-0.2, -0.15) is 0 Å². The molecule has 0 radical (unpaired) electrons. The van der Waals surface area contributed by atoms with Crippen LogP contribution in [0.5, 0.6) is 0 Å². The number of aliphatic carboxylic acids is 1. The normalized spacial score (nSPS) is 26.7. The Bertz CT molecular complexity index is 340. The summed E-state index contributed by atoms with van der Waals surface area (Å²) in [6, 6.07) is -0.737. The van der Waals surface area contributed by atoms with Crippen LogP contribution in [0.25, 0.3) is 0 Å².